The quantitative estimate of drug-likeness (QED) is 0.214. The largest absolute Gasteiger partial charge is 0.409 e. The average molecular weight is 384 g/mol. The third-order valence-electron chi connectivity index (χ3n) is 5.14. The van der Waals surface area contributed by atoms with Crippen molar-refractivity contribution in [2.75, 3.05) is 17.6 Å². The summed E-state index contributed by atoms with van der Waals surface area (Å²) in [4.78, 5) is 11.7. The number of rotatable bonds is 6. The van der Waals surface area contributed by atoms with Crippen LogP contribution in [0.1, 0.15) is 37.7 Å². The van der Waals surface area contributed by atoms with Gasteiger partial charge in [-0.1, -0.05) is 18.0 Å². The third-order valence-corrected chi connectivity index (χ3v) is 5.14. The summed E-state index contributed by atoms with van der Waals surface area (Å²) in [6, 6.07) is 5.49. The van der Waals surface area contributed by atoms with E-state index in [0.717, 1.165) is 31.2 Å². The van der Waals surface area contributed by atoms with Crippen LogP contribution in [0.2, 0.25) is 0 Å². The van der Waals surface area contributed by atoms with Crippen molar-refractivity contribution in [1.29, 1.82) is 5.26 Å². The molecular formula is C18H24N8O2. The van der Waals surface area contributed by atoms with Crippen LogP contribution in [-0.2, 0) is 4.79 Å². The number of amides is 1. The van der Waals surface area contributed by atoms with Crippen molar-refractivity contribution in [3.05, 3.63) is 23.9 Å². The van der Waals surface area contributed by atoms with Crippen LogP contribution in [0.3, 0.4) is 0 Å². The molecule has 2 aromatic heterocycles. The zero-order valence-corrected chi connectivity index (χ0v) is 15.4. The number of fused-ring (bicyclic) bond motifs is 1. The number of nitriles is 1. The highest BCUT2D eigenvalue weighted by Crippen LogP contribution is 2.31. The van der Waals surface area contributed by atoms with E-state index in [-0.39, 0.29) is 30.1 Å². The molecule has 0 aliphatic heterocycles. The predicted molar refractivity (Wildman–Crippen MR) is 105 cm³/mol. The van der Waals surface area contributed by atoms with Crippen LogP contribution in [0, 0.1) is 17.2 Å². The Kier molecular flexibility index (Phi) is 5.84. The van der Waals surface area contributed by atoms with Crippen LogP contribution < -0.4 is 22.1 Å². The Labute approximate surface area is 162 Å². The lowest BCUT2D eigenvalue weighted by Crippen LogP contribution is -2.40. The molecule has 0 saturated heterocycles. The fraction of sp³-hybridized carbons (Fsp3) is 0.444. The first-order valence-electron chi connectivity index (χ1n) is 9.19. The van der Waals surface area contributed by atoms with Gasteiger partial charge in [0.2, 0.25) is 5.91 Å². The van der Waals surface area contributed by atoms with Crippen LogP contribution in [-0.4, -0.2) is 39.2 Å². The summed E-state index contributed by atoms with van der Waals surface area (Å²) in [6.45, 7) is 0.488. The van der Waals surface area contributed by atoms with E-state index in [0.29, 0.717) is 23.6 Å². The first-order valence-corrected chi connectivity index (χ1v) is 9.19. The van der Waals surface area contributed by atoms with E-state index in [2.05, 4.69) is 20.9 Å². The van der Waals surface area contributed by atoms with Gasteiger partial charge < -0.3 is 27.3 Å². The molecular weight excluding hydrogens is 360 g/mol. The van der Waals surface area contributed by atoms with Crippen molar-refractivity contribution in [3.63, 3.8) is 0 Å². The van der Waals surface area contributed by atoms with Gasteiger partial charge in [0.1, 0.15) is 12.2 Å². The maximum atomic E-state index is 11.7. The Morgan fingerprint density at radius 2 is 2.21 bits per heavy atom. The Morgan fingerprint density at radius 3 is 2.96 bits per heavy atom. The lowest BCUT2D eigenvalue weighted by molar-refractivity contribution is -0.120. The van der Waals surface area contributed by atoms with E-state index in [1.807, 2.05) is 12.1 Å². The molecule has 1 aliphatic carbocycles. The molecule has 1 amide bonds. The van der Waals surface area contributed by atoms with Crippen molar-refractivity contribution in [3.8, 4) is 6.07 Å². The fourth-order valence-corrected chi connectivity index (χ4v) is 3.69. The average Bonchev–Trinajstić information content (AvgIpc) is 3.08. The fourth-order valence-electron chi connectivity index (χ4n) is 3.69. The van der Waals surface area contributed by atoms with Crippen LogP contribution in [0.5, 0.6) is 0 Å². The summed E-state index contributed by atoms with van der Waals surface area (Å²) in [5, 5.41) is 31.5. The SMILES string of the molecule is N#CCC(=O)NC[C@@H]1CCCC[C@H]1Nc1c(/C(N)=N/O)cnn2c(N)ccc12. The van der Waals surface area contributed by atoms with Gasteiger partial charge in [-0.05, 0) is 30.9 Å². The second kappa shape index (κ2) is 8.47. The van der Waals surface area contributed by atoms with Crippen molar-refractivity contribution >= 4 is 28.8 Å². The summed E-state index contributed by atoms with van der Waals surface area (Å²) in [7, 11) is 0. The van der Waals surface area contributed by atoms with E-state index in [9.17, 15) is 4.79 Å². The van der Waals surface area contributed by atoms with E-state index < -0.39 is 0 Å². The molecule has 2 heterocycles. The van der Waals surface area contributed by atoms with Gasteiger partial charge in [0.25, 0.3) is 0 Å². The zero-order valence-electron chi connectivity index (χ0n) is 15.4. The molecule has 148 valence electrons. The van der Waals surface area contributed by atoms with Gasteiger partial charge >= 0.3 is 0 Å². The van der Waals surface area contributed by atoms with E-state index in [1.165, 1.54) is 6.20 Å². The Balaban J connectivity index is 1.88. The smallest absolute Gasteiger partial charge is 0.234 e. The molecule has 7 N–H and O–H groups in total. The number of aromatic nitrogens is 2. The minimum absolute atomic E-state index is 0.0491. The van der Waals surface area contributed by atoms with E-state index in [4.69, 9.17) is 21.9 Å². The molecule has 0 spiro atoms. The molecule has 0 radical (unpaired) electrons. The second-order valence-electron chi connectivity index (χ2n) is 6.91. The predicted octanol–water partition coefficient (Wildman–Crippen LogP) is 1.01. The first-order chi connectivity index (χ1) is 13.5. The van der Waals surface area contributed by atoms with Crippen LogP contribution >= 0.6 is 0 Å². The lowest BCUT2D eigenvalue weighted by Gasteiger charge is -2.33. The van der Waals surface area contributed by atoms with Crippen molar-refractivity contribution < 1.29 is 10.0 Å². The Morgan fingerprint density at radius 1 is 1.43 bits per heavy atom. The number of nitrogen functional groups attached to an aromatic ring is 1. The monoisotopic (exact) mass is 384 g/mol. The molecule has 2 aromatic rings. The van der Waals surface area contributed by atoms with Gasteiger partial charge in [0.05, 0.1) is 29.0 Å². The number of nitrogens with zero attached hydrogens (tertiary/aromatic N) is 4. The summed E-state index contributed by atoms with van der Waals surface area (Å²) >= 11 is 0. The number of carbonyl (C=O) groups is 1. The molecule has 10 heteroatoms. The highest BCUT2D eigenvalue weighted by molar-refractivity contribution is 6.05. The number of hydrogen-bond acceptors (Lipinski definition) is 7. The number of nitrogens with one attached hydrogen (secondary N) is 2. The van der Waals surface area contributed by atoms with Crippen LogP contribution in [0.25, 0.3) is 5.52 Å². The minimum atomic E-state index is -0.269. The standard InChI is InChI=1S/C18H24N8O2/c19-8-7-16(27)22-9-11-3-1-2-4-13(11)24-17-12(18(21)25-28)10-23-26-14(17)5-6-15(26)20/h5-6,10-11,13,24,28H,1-4,7,9,20H2,(H2,21,25)(H,22,27)/t11-,13+/m0/s1. The minimum Gasteiger partial charge on any atom is -0.409 e. The zero-order chi connectivity index (χ0) is 20.1. The Bertz CT molecular complexity index is 930. The molecule has 1 fully saturated rings. The lowest BCUT2D eigenvalue weighted by atomic mass is 9.84. The summed E-state index contributed by atoms with van der Waals surface area (Å²) in [5.41, 5.74) is 13.7. The van der Waals surface area contributed by atoms with Crippen molar-refractivity contribution in [2.45, 2.75) is 38.1 Å². The van der Waals surface area contributed by atoms with E-state index in [1.54, 1.807) is 10.6 Å². The maximum absolute atomic E-state index is 11.7. The molecule has 28 heavy (non-hydrogen) atoms. The van der Waals surface area contributed by atoms with Crippen LogP contribution in [0.4, 0.5) is 11.5 Å². The highest BCUT2D eigenvalue weighted by atomic mass is 16.4. The van der Waals surface area contributed by atoms with Crippen LogP contribution in [0.15, 0.2) is 23.5 Å². The third kappa shape index (κ3) is 3.93. The molecule has 1 saturated carbocycles. The maximum Gasteiger partial charge on any atom is 0.234 e. The van der Waals surface area contributed by atoms with Gasteiger partial charge in [0.15, 0.2) is 5.84 Å². The van der Waals surface area contributed by atoms with Crippen molar-refractivity contribution in [1.82, 2.24) is 14.9 Å². The van der Waals surface area contributed by atoms with Gasteiger partial charge in [0, 0.05) is 12.6 Å². The first kappa shape index (κ1) is 19.3. The summed E-state index contributed by atoms with van der Waals surface area (Å²) in [6.07, 6.45) is 5.37. The summed E-state index contributed by atoms with van der Waals surface area (Å²) < 4.78 is 1.59. The number of anilines is 2. The molecule has 10 nitrogen and oxygen atoms in total. The molecule has 3 rings (SSSR count). The van der Waals surface area contributed by atoms with Gasteiger partial charge in [-0.15, -0.1) is 0 Å². The summed E-state index contributed by atoms with van der Waals surface area (Å²) in [5.74, 6) is 0.354. The molecule has 2 atom stereocenters. The number of hydrogen-bond donors (Lipinski definition) is 5. The van der Waals surface area contributed by atoms with Gasteiger partial charge in [-0.3, -0.25) is 4.79 Å². The van der Waals surface area contributed by atoms with Crippen molar-refractivity contribution in [2.24, 2.45) is 16.8 Å². The molecule has 0 unspecified atom stereocenters. The van der Waals surface area contributed by atoms with E-state index >= 15 is 0 Å². The Hall–Kier alpha value is -3.48. The number of carbonyl (C=O) groups excluding carboxylic acids is 1. The second-order valence-corrected chi connectivity index (χ2v) is 6.91. The number of amidine groups is 1. The number of nitrogens with two attached hydrogens (primary N) is 2. The highest BCUT2D eigenvalue weighted by Gasteiger charge is 2.27. The molecule has 1 aliphatic rings. The normalized spacial score (nSPS) is 19.9. The topological polar surface area (TPSA) is 167 Å². The molecule has 0 bridgehead atoms. The van der Waals surface area contributed by atoms with Gasteiger partial charge in [-0.2, -0.15) is 10.4 Å². The molecule has 0 aromatic carbocycles. The van der Waals surface area contributed by atoms with Gasteiger partial charge in [-0.25, -0.2) is 4.52 Å². The number of oxime groups is 1.